The molecule has 4 nitrogen and oxygen atoms in total. The molecule has 0 radical (unpaired) electrons. The number of nitrogens with one attached hydrogen (secondary N) is 1. The van der Waals surface area contributed by atoms with Crippen molar-refractivity contribution in [2.75, 3.05) is 32.1 Å². The number of carbonyl (C=O) groups is 1. The van der Waals surface area contributed by atoms with Gasteiger partial charge in [-0.1, -0.05) is 6.07 Å². The number of thiophene rings is 1. The molecular formula is C16H23Cl2N3OS. The molecule has 3 unspecified atom stereocenters. The molecule has 128 valence electrons. The maximum absolute atomic E-state index is 12.3. The monoisotopic (exact) mass is 375 g/mol. The van der Waals surface area contributed by atoms with Gasteiger partial charge in [0.25, 0.3) is 0 Å². The van der Waals surface area contributed by atoms with Crippen LogP contribution in [0.15, 0.2) is 17.5 Å². The van der Waals surface area contributed by atoms with Crippen molar-refractivity contribution in [2.24, 2.45) is 5.92 Å². The highest BCUT2D eigenvalue weighted by molar-refractivity contribution is 7.09. The molecule has 2 fully saturated rings. The van der Waals surface area contributed by atoms with Crippen molar-refractivity contribution in [3.05, 3.63) is 22.4 Å². The highest BCUT2D eigenvalue weighted by Crippen LogP contribution is 2.29. The molecule has 0 spiro atoms. The lowest BCUT2D eigenvalue weighted by atomic mass is 9.88. The molecule has 0 saturated carbocycles. The molecule has 3 atom stereocenters. The molecule has 1 amide bonds. The summed E-state index contributed by atoms with van der Waals surface area (Å²) in [5.74, 6) is 0.361. The van der Waals surface area contributed by atoms with Gasteiger partial charge in [-0.2, -0.15) is 0 Å². The van der Waals surface area contributed by atoms with E-state index in [1.807, 2.05) is 4.90 Å². The predicted molar refractivity (Wildman–Crippen MR) is 96.2 cm³/mol. The van der Waals surface area contributed by atoms with Crippen molar-refractivity contribution in [1.29, 1.82) is 0 Å². The number of piperidine rings is 1. The van der Waals surface area contributed by atoms with Crippen molar-refractivity contribution < 1.29 is 4.79 Å². The van der Waals surface area contributed by atoms with Crippen molar-refractivity contribution in [3.8, 4) is 0 Å². The van der Waals surface area contributed by atoms with Crippen LogP contribution in [-0.2, 0) is 11.3 Å². The lowest BCUT2D eigenvalue weighted by molar-refractivity contribution is -0.135. The Labute approximate surface area is 151 Å². The van der Waals surface area contributed by atoms with E-state index in [-0.39, 0.29) is 29.2 Å². The zero-order valence-corrected chi connectivity index (χ0v) is 15.4. The second-order valence-electron chi connectivity index (χ2n) is 6.26. The number of halogens is 2. The average Bonchev–Trinajstić information content (AvgIpc) is 3.07. The largest absolute Gasteiger partial charge is 0.336 e. The SMILES string of the molecule is O=C(CCl)N1CCN(Cc2cccs2)CC1C1CCCNC1Cl. The number of carbonyl (C=O) groups excluding carboxylic acids is 1. The van der Waals surface area contributed by atoms with Gasteiger partial charge in [0.05, 0.1) is 5.50 Å². The van der Waals surface area contributed by atoms with Crippen molar-refractivity contribution in [2.45, 2.75) is 30.9 Å². The summed E-state index contributed by atoms with van der Waals surface area (Å²) in [6.45, 7) is 4.41. The highest BCUT2D eigenvalue weighted by Gasteiger charge is 2.39. The maximum Gasteiger partial charge on any atom is 0.237 e. The molecule has 1 aromatic heterocycles. The van der Waals surface area contributed by atoms with Gasteiger partial charge < -0.3 is 10.2 Å². The Morgan fingerprint density at radius 1 is 1.43 bits per heavy atom. The van der Waals surface area contributed by atoms with E-state index in [9.17, 15) is 4.79 Å². The highest BCUT2D eigenvalue weighted by atomic mass is 35.5. The first kappa shape index (κ1) is 17.5. The normalized spacial score (nSPS) is 29.7. The Morgan fingerprint density at radius 3 is 3.00 bits per heavy atom. The summed E-state index contributed by atoms with van der Waals surface area (Å²) in [5.41, 5.74) is -0.0685. The van der Waals surface area contributed by atoms with E-state index in [0.29, 0.717) is 0 Å². The Hall–Kier alpha value is -0.330. The zero-order valence-electron chi connectivity index (χ0n) is 13.1. The number of rotatable bonds is 4. The van der Waals surface area contributed by atoms with Crippen molar-refractivity contribution in [3.63, 3.8) is 0 Å². The van der Waals surface area contributed by atoms with Crippen molar-refractivity contribution in [1.82, 2.24) is 15.1 Å². The van der Waals surface area contributed by atoms with Crippen LogP contribution >= 0.6 is 34.5 Å². The average molecular weight is 376 g/mol. The quantitative estimate of drug-likeness (QED) is 0.648. The molecule has 23 heavy (non-hydrogen) atoms. The van der Waals surface area contributed by atoms with Crippen LogP contribution in [0, 0.1) is 5.92 Å². The van der Waals surface area contributed by atoms with E-state index in [0.717, 1.165) is 45.6 Å². The first-order valence-electron chi connectivity index (χ1n) is 8.16. The number of amides is 1. The van der Waals surface area contributed by atoms with E-state index in [4.69, 9.17) is 23.2 Å². The van der Waals surface area contributed by atoms with Crippen LogP contribution < -0.4 is 5.32 Å². The fourth-order valence-electron chi connectivity index (χ4n) is 3.65. The van der Waals surface area contributed by atoms with E-state index in [2.05, 4.69) is 27.7 Å². The van der Waals surface area contributed by atoms with Gasteiger partial charge in [0, 0.05) is 43.0 Å². The van der Waals surface area contributed by atoms with Gasteiger partial charge in [0.2, 0.25) is 5.91 Å². The van der Waals surface area contributed by atoms with Gasteiger partial charge in [-0.15, -0.1) is 34.5 Å². The van der Waals surface area contributed by atoms with Gasteiger partial charge in [0.1, 0.15) is 5.88 Å². The molecule has 0 aliphatic carbocycles. The second kappa shape index (κ2) is 8.17. The Balaban J connectivity index is 1.72. The van der Waals surface area contributed by atoms with Crippen LogP contribution in [0.1, 0.15) is 17.7 Å². The second-order valence-corrected chi connectivity index (χ2v) is 8.03. The number of hydrogen-bond donors (Lipinski definition) is 1. The summed E-state index contributed by atoms with van der Waals surface area (Å²) < 4.78 is 0. The van der Waals surface area contributed by atoms with E-state index in [1.54, 1.807) is 11.3 Å². The molecule has 0 bridgehead atoms. The number of alkyl halides is 2. The summed E-state index contributed by atoms with van der Waals surface area (Å²) in [6.07, 6.45) is 2.17. The lowest BCUT2D eigenvalue weighted by Crippen LogP contribution is -2.61. The third kappa shape index (κ3) is 4.20. The third-order valence-electron chi connectivity index (χ3n) is 4.82. The summed E-state index contributed by atoms with van der Waals surface area (Å²) in [5, 5.41) is 5.46. The fourth-order valence-corrected chi connectivity index (χ4v) is 4.95. The predicted octanol–water partition coefficient (Wildman–Crippen LogP) is 2.56. The Morgan fingerprint density at radius 2 is 2.30 bits per heavy atom. The number of piperazine rings is 1. The minimum absolute atomic E-state index is 0.0295. The first-order valence-corrected chi connectivity index (χ1v) is 10.0. The molecule has 1 N–H and O–H groups in total. The van der Waals surface area contributed by atoms with E-state index in [1.165, 1.54) is 4.88 Å². The molecule has 2 saturated heterocycles. The minimum Gasteiger partial charge on any atom is -0.336 e. The van der Waals surface area contributed by atoms with Crippen LogP contribution in [0.4, 0.5) is 0 Å². The topological polar surface area (TPSA) is 35.6 Å². The minimum atomic E-state index is -0.0685. The number of hydrogen-bond acceptors (Lipinski definition) is 4. The van der Waals surface area contributed by atoms with Crippen LogP contribution in [0.5, 0.6) is 0 Å². The van der Waals surface area contributed by atoms with Crippen LogP contribution in [-0.4, -0.2) is 59.3 Å². The van der Waals surface area contributed by atoms with E-state index < -0.39 is 0 Å². The Bertz CT molecular complexity index is 513. The summed E-state index contributed by atoms with van der Waals surface area (Å²) in [4.78, 5) is 18.0. The smallest absolute Gasteiger partial charge is 0.237 e. The van der Waals surface area contributed by atoms with Gasteiger partial charge in [-0.25, -0.2) is 0 Å². The van der Waals surface area contributed by atoms with Crippen LogP contribution in [0.2, 0.25) is 0 Å². The molecule has 7 heteroatoms. The maximum atomic E-state index is 12.3. The number of nitrogens with zero attached hydrogens (tertiary/aromatic N) is 2. The fraction of sp³-hybridized carbons (Fsp3) is 0.688. The Kier molecular flexibility index (Phi) is 6.21. The standard InChI is InChI=1S/C16H23Cl2N3OS/c17-9-15(22)21-7-6-20(10-12-3-2-8-23-12)11-14(21)13-4-1-5-19-16(13)18/h2-3,8,13-14,16,19H,1,4-7,9-11H2. The first-order chi connectivity index (χ1) is 11.2. The third-order valence-corrected chi connectivity index (χ3v) is 6.39. The van der Waals surface area contributed by atoms with Crippen molar-refractivity contribution >= 4 is 40.4 Å². The molecule has 1 aromatic rings. The molecule has 3 rings (SSSR count). The van der Waals surface area contributed by atoms with E-state index >= 15 is 0 Å². The van der Waals surface area contributed by atoms with Gasteiger partial charge in [0.15, 0.2) is 0 Å². The summed E-state index contributed by atoms with van der Waals surface area (Å²) >= 11 is 14.1. The van der Waals surface area contributed by atoms with Crippen LogP contribution in [0.3, 0.4) is 0 Å². The zero-order chi connectivity index (χ0) is 16.2. The van der Waals surface area contributed by atoms with Gasteiger partial charge in [-0.3, -0.25) is 9.69 Å². The van der Waals surface area contributed by atoms with Crippen LogP contribution in [0.25, 0.3) is 0 Å². The summed E-state index contributed by atoms with van der Waals surface area (Å²) in [7, 11) is 0. The molecule has 0 aromatic carbocycles. The summed E-state index contributed by atoms with van der Waals surface area (Å²) in [6, 6.07) is 4.40. The van der Waals surface area contributed by atoms with Gasteiger partial charge >= 0.3 is 0 Å². The molecule has 3 heterocycles. The lowest BCUT2D eigenvalue weighted by Gasteiger charge is -2.47. The van der Waals surface area contributed by atoms with Gasteiger partial charge in [-0.05, 0) is 30.8 Å². The molecular weight excluding hydrogens is 353 g/mol. The molecule has 2 aliphatic heterocycles. The molecule has 2 aliphatic rings.